The minimum Gasteiger partial charge on any atom is -0.509 e. The van der Waals surface area contributed by atoms with Crippen molar-refractivity contribution in [2.45, 2.75) is 12.5 Å². The molecular formula is C44H32B2O8. The zero-order valence-corrected chi connectivity index (χ0v) is 29.2. The highest BCUT2D eigenvalue weighted by molar-refractivity contribution is 6.45. The van der Waals surface area contributed by atoms with Gasteiger partial charge in [0, 0.05) is 27.5 Å². The van der Waals surface area contributed by atoms with Crippen LogP contribution in [0.3, 0.4) is 0 Å². The van der Waals surface area contributed by atoms with E-state index in [0.29, 0.717) is 17.4 Å². The lowest BCUT2D eigenvalue weighted by Crippen LogP contribution is -2.22. The second kappa shape index (κ2) is 12.1. The number of fused-ring (bicyclic) bond motifs is 6. The molecule has 9 rings (SSSR count). The molecule has 1 aromatic heterocycles. The normalized spacial score (nSPS) is 16.0. The third kappa shape index (κ3) is 4.77. The van der Waals surface area contributed by atoms with Gasteiger partial charge in [0.15, 0.2) is 23.0 Å². The fourth-order valence-electron chi connectivity index (χ4n) is 8.20. The van der Waals surface area contributed by atoms with Gasteiger partial charge in [0.2, 0.25) is 5.76 Å². The van der Waals surface area contributed by atoms with E-state index in [4.69, 9.17) is 4.42 Å². The Labute approximate surface area is 310 Å². The molecule has 10 heteroatoms. The molecule has 262 valence electrons. The Hall–Kier alpha value is -6.77. The second-order valence-electron chi connectivity index (χ2n) is 13.8. The van der Waals surface area contributed by atoms with Crippen LogP contribution in [0.2, 0.25) is 0 Å². The van der Waals surface area contributed by atoms with Crippen LogP contribution in [0.4, 0.5) is 0 Å². The van der Waals surface area contributed by atoms with Crippen LogP contribution in [-0.2, 0) is 6.42 Å². The van der Waals surface area contributed by atoms with Crippen LogP contribution in [0, 0.1) is 0 Å². The molecule has 0 saturated carbocycles. The highest BCUT2D eigenvalue weighted by Gasteiger charge is 2.35. The summed E-state index contributed by atoms with van der Waals surface area (Å²) in [6.45, 7) is 0. The lowest BCUT2D eigenvalue weighted by Gasteiger charge is -2.27. The Morgan fingerprint density at radius 2 is 1.30 bits per heavy atom. The van der Waals surface area contributed by atoms with E-state index in [0.717, 1.165) is 66.4 Å². The van der Waals surface area contributed by atoms with E-state index in [1.165, 1.54) is 15.7 Å². The molecule has 0 aliphatic heterocycles. The molecule has 1 unspecified atom stereocenters. The maximum absolute atomic E-state index is 12.0. The molecule has 1 heterocycles. The third-order valence-corrected chi connectivity index (χ3v) is 10.8. The highest BCUT2D eigenvalue weighted by atomic mass is 16.3. The van der Waals surface area contributed by atoms with Crippen LogP contribution in [0.25, 0.3) is 71.8 Å². The van der Waals surface area contributed by atoms with E-state index in [9.17, 15) is 35.7 Å². The summed E-state index contributed by atoms with van der Waals surface area (Å²) in [4.78, 5) is 0. The number of furan rings is 1. The largest absolute Gasteiger partial charge is 0.509 e. The molecule has 8 nitrogen and oxygen atoms in total. The summed E-state index contributed by atoms with van der Waals surface area (Å²) in [5.74, 6) is -4.26. The first-order valence-electron chi connectivity index (χ1n) is 17.5. The standard InChI is InChI=1S/C44H32B2O8/c45-38-37(42(51)44(53)39(46)43(38)52)36-35(29(47)19-30(48)40(49)41(36)50)34-26-11-3-1-2-10-24(26)33(25-12-6-7-13-27(25)34)22-14-15-23-28-16-20-8-4-5-9-21(20)17-32(28)54-31(23)18-22/h1-10,12-19,29,47-53H,11,45-46H2. The summed E-state index contributed by atoms with van der Waals surface area (Å²) in [5, 5.41) is 84.6. The maximum Gasteiger partial charge on any atom is 0.200 e. The van der Waals surface area contributed by atoms with Crippen LogP contribution in [0.15, 0.2) is 125 Å². The summed E-state index contributed by atoms with van der Waals surface area (Å²) in [6.07, 6.45) is 7.53. The first kappa shape index (κ1) is 33.1. The van der Waals surface area contributed by atoms with Gasteiger partial charge in [-0.15, -0.1) is 0 Å². The van der Waals surface area contributed by atoms with Crippen molar-refractivity contribution in [1.82, 2.24) is 0 Å². The number of benzene rings is 6. The molecule has 0 spiro atoms. The predicted octanol–water partition coefficient (Wildman–Crippen LogP) is 6.37. The molecule has 0 bridgehead atoms. The monoisotopic (exact) mass is 710 g/mol. The van der Waals surface area contributed by atoms with E-state index in [2.05, 4.69) is 36.4 Å². The summed E-state index contributed by atoms with van der Waals surface area (Å²) in [7, 11) is 2.91. The van der Waals surface area contributed by atoms with E-state index >= 15 is 0 Å². The van der Waals surface area contributed by atoms with Crippen LogP contribution < -0.4 is 10.9 Å². The van der Waals surface area contributed by atoms with Gasteiger partial charge in [-0.2, -0.15) is 0 Å². The fourth-order valence-corrected chi connectivity index (χ4v) is 8.20. The second-order valence-corrected chi connectivity index (χ2v) is 13.8. The Kier molecular flexibility index (Phi) is 7.44. The van der Waals surface area contributed by atoms with Crippen molar-refractivity contribution in [3.63, 3.8) is 0 Å². The predicted molar refractivity (Wildman–Crippen MR) is 220 cm³/mol. The number of hydrogen-bond acceptors (Lipinski definition) is 8. The quantitative estimate of drug-likeness (QED) is 0.0634. The first-order chi connectivity index (χ1) is 26.0. The number of allylic oxidation sites excluding steroid dienone is 4. The van der Waals surface area contributed by atoms with Gasteiger partial charge >= 0.3 is 0 Å². The van der Waals surface area contributed by atoms with Crippen molar-refractivity contribution in [3.05, 3.63) is 143 Å². The smallest absolute Gasteiger partial charge is 0.200 e. The van der Waals surface area contributed by atoms with E-state index in [1.807, 2.05) is 66.8 Å². The molecule has 0 fully saturated rings. The average molecular weight is 710 g/mol. The molecule has 7 aromatic rings. The molecule has 6 aromatic carbocycles. The SMILES string of the molecule is Bc1c(O)c(B)c(C2=C(c3c4c(c(-c5ccc6c(c5)oc5cc7ccccc7cc56)c5ccccc35)C=CC=CC4)C(O)C=C(O)C(O)=C2O)c(O)c1O. The number of rotatable bonds is 3. The summed E-state index contributed by atoms with van der Waals surface area (Å²) in [5.41, 5.74) is 4.94. The Morgan fingerprint density at radius 1 is 0.611 bits per heavy atom. The van der Waals surface area contributed by atoms with Gasteiger partial charge in [-0.05, 0) is 97.1 Å². The van der Waals surface area contributed by atoms with Gasteiger partial charge in [0.05, 0.1) is 0 Å². The van der Waals surface area contributed by atoms with Crippen molar-refractivity contribution < 1.29 is 40.2 Å². The van der Waals surface area contributed by atoms with Crippen LogP contribution >= 0.6 is 0 Å². The summed E-state index contributed by atoms with van der Waals surface area (Å²) >= 11 is 0. The Balaban J connectivity index is 1.40. The van der Waals surface area contributed by atoms with E-state index in [1.54, 1.807) is 0 Å². The molecule has 1 atom stereocenters. The molecule has 0 saturated heterocycles. The first-order valence-corrected chi connectivity index (χ1v) is 17.5. The minimum absolute atomic E-state index is 0.00683. The highest BCUT2D eigenvalue weighted by Crippen LogP contribution is 2.49. The minimum atomic E-state index is -1.65. The topological polar surface area (TPSA) is 155 Å². The molecule has 2 aliphatic rings. The van der Waals surface area contributed by atoms with Gasteiger partial charge < -0.3 is 40.2 Å². The van der Waals surface area contributed by atoms with Crippen molar-refractivity contribution in [2.24, 2.45) is 0 Å². The third-order valence-electron chi connectivity index (χ3n) is 10.8. The van der Waals surface area contributed by atoms with Gasteiger partial charge in [0.25, 0.3) is 0 Å². The zero-order chi connectivity index (χ0) is 37.6. The summed E-state index contributed by atoms with van der Waals surface area (Å²) in [6, 6.07) is 26.1. The van der Waals surface area contributed by atoms with E-state index < -0.39 is 34.9 Å². The Morgan fingerprint density at radius 3 is 2.06 bits per heavy atom. The van der Waals surface area contributed by atoms with Crippen LogP contribution in [0.5, 0.6) is 17.2 Å². The van der Waals surface area contributed by atoms with Crippen molar-refractivity contribution in [3.8, 4) is 28.4 Å². The molecule has 54 heavy (non-hydrogen) atoms. The molecule has 0 amide bonds. The number of aromatic hydroxyl groups is 3. The fraction of sp³-hybridized carbons (Fsp3) is 0.0455. The van der Waals surface area contributed by atoms with Gasteiger partial charge in [-0.1, -0.05) is 78.9 Å². The van der Waals surface area contributed by atoms with Gasteiger partial charge in [-0.3, -0.25) is 0 Å². The van der Waals surface area contributed by atoms with Gasteiger partial charge in [-0.25, -0.2) is 0 Å². The van der Waals surface area contributed by atoms with Crippen LogP contribution in [-0.4, -0.2) is 57.5 Å². The Bertz CT molecular complexity index is 2930. The molecule has 7 N–H and O–H groups in total. The lowest BCUT2D eigenvalue weighted by molar-refractivity contribution is 0.263. The molecular weight excluding hydrogens is 678 g/mol. The van der Waals surface area contributed by atoms with Crippen molar-refractivity contribution in [1.29, 1.82) is 0 Å². The summed E-state index contributed by atoms with van der Waals surface area (Å²) < 4.78 is 6.47. The maximum atomic E-state index is 12.0. The van der Waals surface area contributed by atoms with Crippen molar-refractivity contribution in [2.75, 3.05) is 0 Å². The number of aliphatic hydroxyl groups is 4. The van der Waals surface area contributed by atoms with E-state index in [-0.39, 0.29) is 33.4 Å². The number of phenolic OH excluding ortho intramolecular Hbond substituents is 3. The number of hydrogen-bond donors (Lipinski definition) is 7. The number of aliphatic hydroxyl groups excluding tert-OH is 4. The van der Waals surface area contributed by atoms with Gasteiger partial charge in [0.1, 0.15) is 38.7 Å². The lowest BCUT2D eigenvalue weighted by atomic mass is 9.75. The average Bonchev–Trinajstić information content (AvgIpc) is 3.30. The van der Waals surface area contributed by atoms with Crippen LogP contribution in [0.1, 0.15) is 22.3 Å². The number of phenols is 3. The van der Waals surface area contributed by atoms with Crippen molar-refractivity contribution >= 4 is 87.3 Å². The molecule has 0 radical (unpaired) electrons. The zero-order valence-electron chi connectivity index (χ0n) is 29.2. The molecule has 2 aliphatic carbocycles.